The third-order valence-electron chi connectivity index (χ3n) is 4.18. The molecule has 3 amide bonds. The lowest BCUT2D eigenvalue weighted by Crippen LogP contribution is -2.36. The first-order valence-electron chi connectivity index (χ1n) is 8.68. The summed E-state index contributed by atoms with van der Waals surface area (Å²) in [5, 5.41) is 11.0. The Balaban J connectivity index is 1.74. The van der Waals surface area contributed by atoms with Gasteiger partial charge in [-0.15, -0.1) is 0 Å². The molecule has 1 heterocycles. The molecule has 162 valence electrons. The maximum Gasteiger partial charge on any atom is 0.418 e. The average molecular weight is 452 g/mol. The number of hydrogen-bond donors (Lipinski definition) is 2. The highest BCUT2D eigenvalue weighted by Gasteiger charge is 2.37. The van der Waals surface area contributed by atoms with Gasteiger partial charge in [0.25, 0.3) is 11.1 Å². The highest BCUT2D eigenvalue weighted by Crippen LogP contribution is 2.36. The second-order valence-electron chi connectivity index (χ2n) is 6.29. The number of alkyl halides is 3. The zero-order valence-electron chi connectivity index (χ0n) is 15.9. The number of halogens is 3. The summed E-state index contributed by atoms with van der Waals surface area (Å²) in [5.41, 5.74) is -1.05. The van der Waals surface area contributed by atoms with Gasteiger partial charge in [-0.3, -0.25) is 19.3 Å². The molecule has 1 aliphatic heterocycles. The van der Waals surface area contributed by atoms with Crippen LogP contribution < -0.4 is 10.1 Å². The summed E-state index contributed by atoms with van der Waals surface area (Å²) in [5.74, 6) is -1.66. The van der Waals surface area contributed by atoms with Crippen LogP contribution in [0.2, 0.25) is 0 Å². The lowest BCUT2D eigenvalue weighted by Gasteiger charge is -2.15. The SMILES string of the molecule is COc1cc(/C=C2\SC(=O)N(CC(=O)Nc3ccccc3C(F)(F)F)C2=O)ccc1O. The number of aromatic hydroxyl groups is 1. The Bertz CT molecular complexity index is 1080. The normalized spacial score (nSPS) is 15.5. The lowest BCUT2D eigenvalue weighted by atomic mass is 10.1. The summed E-state index contributed by atoms with van der Waals surface area (Å²) >= 11 is 0.585. The number of imide groups is 1. The largest absolute Gasteiger partial charge is 0.504 e. The van der Waals surface area contributed by atoms with Gasteiger partial charge in [0.2, 0.25) is 5.91 Å². The highest BCUT2D eigenvalue weighted by molar-refractivity contribution is 8.18. The molecule has 0 atom stereocenters. The van der Waals surface area contributed by atoms with Crippen LogP contribution in [0.5, 0.6) is 11.5 Å². The van der Waals surface area contributed by atoms with E-state index in [4.69, 9.17) is 4.74 Å². The van der Waals surface area contributed by atoms with E-state index in [9.17, 15) is 32.7 Å². The van der Waals surface area contributed by atoms with Crippen molar-refractivity contribution in [2.45, 2.75) is 6.18 Å². The van der Waals surface area contributed by atoms with Crippen molar-refractivity contribution in [1.82, 2.24) is 4.90 Å². The molecule has 2 aromatic carbocycles. The summed E-state index contributed by atoms with van der Waals surface area (Å²) in [7, 11) is 1.35. The van der Waals surface area contributed by atoms with Gasteiger partial charge in [0.1, 0.15) is 6.54 Å². The van der Waals surface area contributed by atoms with Gasteiger partial charge < -0.3 is 15.2 Å². The van der Waals surface area contributed by atoms with Crippen molar-refractivity contribution in [2.75, 3.05) is 19.0 Å². The van der Waals surface area contributed by atoms with Gasteiger partial charge >= 0.3 is 6.18 Å². The number of amides is 3. The fourth-order valence-electron chi connectivity index (χ4n) is 2.74. The molecule has 0 radical (unpaired) electrons. The molecular weight excluding hydrogens is 437 g/mol. The standard InChI is InChI=1S/C20H15F3N2O5S/c1-30-15-8-11(6-7-14(15)26)9-16-18(28)25(19(29)31-16)10-17(27)24-13-5-3-2-4-12(13)20(21,22)23/h2-9,26H,10H2,1H3,(H,24,27)/b16-9-. The van der Waals surface area contributed by atoms with E-state index in [0.717, 1.165) is 12.1 Å². The Labute approximate surface area is 178 Å². The molecule has 0 aliphatic carbocycles. The Morgan fingerprint density at radius 1 is 1.23 bits per heavy atom. The number of phenolic OH excluding ortho intramolecular Hbond substituents is 1. The Morgan fingerprint density at radius 2 is 1.94 bits per heavy atom. The molecule has 0 bridgehead atoms. The van der Waals surface area contributed by atoms with Crippen molar-refractivity contribution in [3.63, 3.8) is 0 Å². The van der Waals surface area contributed by atoms with Gasteiger partial charge in [-0.25, -0.2) is 0 Å². The monoisotopic (exact) mass is 452 g/mol. The molecule has 2 aromatic rings. The molecule has 7 nitrogen and oxygen atoms in total. The summed E-state index contributed by atoms with van der Waals surface area (Å²) in [6.45, 7) is -0.743. The molecule has 0 saturated carbocycles. The number of ether oxygens (including phenoxy) is 1. The molecule has 31 heavy (non-hydrogen) atoms. The topological polar surface area (TPSA) is 95.9 Å². The minimum atomic E-state index is -4.68. The maximum absolute atomic E-state index is 13.1. The van der Waals surface area contributed by atoms with E-state index in [-0.39, 0.29) is 16.4 Å². The van der Waals surface area contributed by atoms with E-state index >= 15 is 0 Å². The lowest BCUT2D eigenvalue weighted by molar-refractivity contribution is -0.137. The molecule has 0 unspecified atom stereocenters. The van der Waals surface area contributed by atoms with E-state index in [1.807, 2.05) is 0 Å². The van der Waals surface area contributed by atoms with Gasteiger partial charge in [-0.1, -0.05) is 18.2 Å². The van der Waals surface area contributed by atoms with E-state index in [0.29, 0.717) is 22.2 Å². The molecule has 1 aliphatic rings. The first-order valence-corrected chi connectivity index (χ1v) is 9.50. The molecule has 0 aromatic heterocycles. The summed E-state index contributed by atoms with van der Waals surface area (Å²) in [6.07, 6.45) is -3.30. The molecule has 1 saturated heterocycles. The van der Waals surface area contributed by atoms with Crippen LogP contribution in [0.1, 0.15) is 11.1 Å². The van der Waals surface area contributed by atoms with E-state index in [2.05, 4.69) is 5.32 Å². The quantitative estimate of drug-likeness (QED) is 0.664. The molecular formula is C20H15F3N2O5S. The van der Waals surface area contributed by atoms with Crippen molar-refractivity contribution in [1.29, 1.82) is 0 Å². The zero-order chi connectivity index (χ0) is 22.8. The number of phenols is 1. The number of nitrogens with zero attached hydrogens (tertiary/aromatic N) is 1. The maximum atomic E-state index is 13.1. The highest BCUT2D eigenvalue weighted by atomic mass is 32.2. The minimum Gasteiger partial charge on any atom is -0.504 e. The van der Waals surface area contributed by atoms with Crippen molar-refractivity contribution in [3.8, 4) is 11.5 Å². The van der Waals surface area contributed by atoms with Crippen molar-refractivity contribution >= 4 is 40.6 Å². The fourth-order valence-corrected chi connectivity index (χ4v) is 3.58. The van der Waals surface area contributed by atoms with Crippen LogP contribution >= 0.6 is 11.8 Å². The number of methoxy groups -OCH3 is 1. The van der Waals surface area contributed by atoms with E-state index < -0.39 is 41.0 Å². The molecule has 3 rings (SSSR count). The van der Waals surface area contributed by atoms with Crippen LogP contribution in [-0.4, -0.2) is 40.7 Å². The Kier molecular flexibility index (Phi) is 6.25. The minimum absolute atomic E-state index is 0.0150. The third-order valence-corrected chi connectivity index (χ3v) is 5.09. The van der Waals surface area contributed by atoms with Crippen LogP contribution in [0, 0.1) is 0 Å². The smallest absolute Gasteiger partial charge is 0.418 e. The number of hydrogen-bond acceptors (Lipinski definition) is 6. The number of benzene rings is 2. The van der Waals surface area contributed by atoms with Crippen LogP contribution in [0.15, 0.2) is 47.4 Å². The summed E-state index contributed by atoms with van der Waals surface area (Å²) in [4.78, 5) is 37.6. The number of anilines is 1. The first kappa shape index (κ1) is 22.2. The van der Waals surface area contributed by atoms with Gasteiger partial charge in [0, 0.05) is 0 Å². The van der Waals surface area contributed by atoms with Crippen molar-refractivity contribution in [2.24, 2.45) is 0 Å². The molecule has 1 fully saturated rings. The molecule has 2 N–H and O–H groups in total. The van der Waals surface area contributed by atoms with Crippen LogP contribution in [0.3, 0.4) is 0 Å². The summed E-state index contributed by atoms with van der Waals surface area (Å²) < 4.78 is 44.2. The molecule has 0 spiro atoms. The molecule has 11 heteroatoms. The van der Waals surface area contributed by atoms with Gasteiger partial charge in [0.05, 0.1) is 23.3 Å². The zero-order valence-corrected chi connectivity index (χ0v) is 16.7. The van der Waals surface area contributed by atoms with E-state index in [1.54, 1.807) is 0 Å². The van der Waals surface area contributed by atoms with Crippen molar-refractivity contribution < 1.29 is 37.4 Å². The fraction of sp³-hybridized carbons (Fsp3) is 0.150. The predicted molar refractivity (Wildman–Crippen MR) is 107 cm³/mol. The number of nitrogens with one attached hydrogen (secondary N) is 1. The first-order chi connectivity index (χ1) is 14.6. The third kappa shape index (κ3) is 5.00. The number of carbonyl (C=O) groups excluding carboxylic acids is 3. The average Bonchev–Trinajstić information content (AvgIpc) is 2.96. The van der Waals surface area contributed by atoms with E-state index in [1.165, 1.54) is 43.5 Å². The summed E-state index contributed by atoms with van der Waals surface area (Å²) in [6, 6.07) is 8.67. The number of para-hydroxylation sites is 1. The van der Waals surface area contributed by atoms with Crippen LogP contribution in [0.25, 0.3) is 6.08 Å². The van der Waals surface area contributed by atoms with Crippen molar-refractivity contribution in [3.05, 3.63) is 58.5 Å². The second kappa shape index (κ2) is 8.72. The van der Waals surface area contributed by atoms with Gasteiger partial charge in [-0.05, 0) is 47.7 Å². The number of carbonyl (C=O) groups is 3. The number of rotatable bonds is 5. The predicted octanol–water partition coefficient (Wildman–Crippen LogP) is 4.09. The van der Waals surface area contributed by atoms with Crippen LogP contribution in [-0.2, 0) is 15.8 Å². The Hall–Kier alpha value is -3.47. The van der Waals surface area contributed by atoms with Crippen LogP contribution in [0.4, 0.5) is 23.7 Å². The number of thioether (sulfide) groups is 1. The van der Waals surface area contributed by atoms with Gasteiger partial charge in [-0.2, -0.15) is 13.2 Å². The Morgan fingerprint density at radius 3 is 2.61 bits per heavy atom. The second-order valence-corrected chi connectivity index (χ2v) is 7.28. The van der Waals surface area contributed by atoms with Gasteiger partial charge in [0.15, 0.2) is 11.5 Å².